The Morgan fingerprint density at radius 3 is 2.65 bits per heavy atom. The number of carbonyl (C=O) groups excluding carboxylic acids is 1. The van der Waals surface area contributed by atoms with E-state index in [9.17, 15) is 13.6 Å². The number of hydrogen-bond donors (Lipinski definition) is 0. The number of rotatable bonds is 2. The molecule has 0 aliphatic heterocycles. The van der Waals surface area contributed by atoms with Gasteiger partial charge in [-0.15, -0.1) is 0 Å². The van der Waals surface area contributed by atoms with Crippen molar-refractivity contribution >= 4 is 5.97 Å². The molecule has 0 amide bonds. The third-order valence-electron chi connectivity index (χ3n) is 2.25. The van der Waals surface area contributed by atoms with Crippen LogP contribution in [0.1, 0.15) is 10.4 Å². The van der Waals surface area contributed by atoms with E-state index in [1.54, 1.807) is 6.07 Å². The molecule has 0 saturated carbocycles. The summed E-state index contributed by atoms with van der Waals surface area (Å²) < 4.78 is 36.2. The number of ether oxygens (including phenoxy) is 1. The van der Waals surface area contributed by atoms with Crippen molar-refractivity contribution in [2.24, 2.45) is 0 Å². The molecule has 0 saturated heterocycles. The summed E-state index contributed by atoms with van der Waals surface area (Å²) in [6, 6.07) is 4.77. The lowest BCUT2D eigenvalue weighted by Crippen LogP contribution is -2.05. The van der Waals surface area contributed by atoms with Gasteiger partial charge in [0.05, 0.1) is 24.5 Å². The largest absolute Gasteiger partial charge is 0.465 e. The van der Waals surface area contributed by atoms with Crippen LogP contribution in [0.5, 0.6) is 0 Å². The number of methoxy groups -OCH3 is 1. The highest BCUT2D eigenvalue weighted by Crippen LogP contribution is 2.26. The molecule has 1 heterocycles. The summed E-state index contributed by atoms with van der Waals surface area (Å²) >= 11 is 0. The highest BCUT2D eigenvalue weighted by molar-refractivity contribution is 5.91. The molecule has 0 aliphatic carbocycles. The molecule has 0 fully saturated rings. The van der Waals surface area contributed by atoms with E-state index in [1.807, 2.05) is 0 Å². The highest BCUT2D eigenvalue weighted by Gasteiger charge is 2.18. The zero-order valence-corrected chi connectivity index (χ0v) is 8.87. The Morgan fingerprint density at radius 2 is 2.06 bits per heavy atom. The molecule has 0 radical (unpaired) electrons. The first-order valence-corrected chi connectivity index (χ1v) is 4.74. The minimum absolute atomic E-state index is 0.0109. The van der Waals surface area contributed by atoms with Gasteiger partial charge in [-0.1, -0.05) is 0 Å². The van der Waals surface area contributed by atoms with Crippen LogP contribution in [0.25, 0.3) is 11.3 Å². The number of esters is 1. The van der Waals surface area contributed by atoms with Gasteiger partial charge >= 0.3 is 5.97 Å². The van der Waals surface area contributed by atoms with E-state index in [0.29, 0.717) is 6.07 Å². The minimum atomic E-state index is -0.968. The second-order valence-electron chi connectivity index (χ2n) is 3.28. The monoisotopic (exact) mass is 238 g/mol. The fourth-order valence-corrected chi connectivity index (χ4v) is 1.44. The van der Waals surface area contributed by atoms with E-state index < -0.39 is 17.6 Å². The van der Waals surface area contributed by atoms with Crippen molar-refractivity contribution in [3.05, 3.63) is 47.7 Å². The first-order chi connectivity index (χ1) is 8.13. The molecule has 17 heavy (non-hydrogen) atoms. The first-order valence-electron chi connectivity index (χ1n) is 4.74. The van der Waals surface area contributed by atoms with E-state index in [-0.39, 0.29) is 16.9 Å². The minimum Gasteiger partial charge on any atom is -0.465 e. The fourth-order valence-electron chi connectivity index (χ4n) is 1.44. The average Bonchev–Trinajstić information content (AvgIpc) is 2.81. The number of halogens is 2. The van der Waals surface area contributed by atoms with E-state index in [0.717, 1.165) is 13.2 Å². The van der Waals surface area contributed by atoms with E-state index in [2.05, 4.69) is 4.74 Å². The van der Waals surface area contributed by atoms with Crippen LogP contribution in [0.2, 0.25) is 0 Å². The van der Waals surface area contributed by atoms with Gasteiger partial charge in [0.25, 0.3) is 0 Å². The second kappa shape index (κ2) is 4.37. The van der Waals surface area contributed by atoms with Gasteiger partial charge in [-0.2, -0.15) is 0 Å². The number of hydrogen-bond acceptors (Lipinski definition) is 3. The Bertz CT molecular complexity index is 547. The zero-order valence-electron chi connectivity index (χ0n) is 8.87. The molecule has 2 rings (SSSR count). The van der Waals surface area contributed by atoms with Crippen molar-refractivity contribution < 1.29 is 22.7 Å². The molecule has 2 aromatic rings. The zero-order chi connectivity index (χ0) is 12.4. The summed E-state index contributed by atoms with van der Waals surface area (Å²) in [6.45, 7) is 0. The summed E-state index contributed by atoms with van der Waals surface area (Å²) in [5.74, 6) is -2.42. The summed E-state index contributed by atoms with van der Waals surface area (Å²) in [7, 11) is 1.12. The third-order valence-corrected chi connectivity index (χ3v) is 2.25. The Morgan fingerprint density at radius 1 is 1.29 bits per heavy atom. The van der Waals surface area contributed by atoms with Gasteiger partial charge in [-0.3, -0.25) is 0 Å². The number of furan rings is 1. The third kappa shape index (κ3) is 2.04. The molecule has 3 nitrogen and oxygen atoms in total. The van der Waals surface area contributed by atoms with Crippen molar-refractivity contribution in [2.45, 2.75) is 0 Å². The molecule has 88 valence electrons. The summed E-state index contributed by atoms with van der Waals surface area (Å²) in [5, 5.41) is 0. The molecule has 1 aromatic heterocycles. The standard InChI is InChI=1S/C12H8F2O3/c1-16-12(15)8-5-7(9(13)6-10(8)14)11-3-2-4-17-11/h2-6H,1H3. The molecule has 0 bridgehead atoms. The van der Waals surface area contributed by atoms with Crippen LogP contribution in [0.4, 0.5) is 8.78 Å². The molecule has 0 atom stereocenters. The van der Waals surface area contributed by atoms with Crippen LogP contribution >= 0.6 is 0 Å². The molecule has 0 unspecified atom stereocenters. The van der Waals surface area contributed by atoms with Crippen molar-refractivity contribution in [1.29, 1.82) is 0 Å². The van der Waals surface area contributed by atoms with Crippen LogP contribution in [-0.2, 0) is 4.74 Å². The smallest absolute Gasteiger partial charge is 0.340 e. The molecule has 0 N–H and O–H groups in total. The lowest BCUT2D eigenvalue weighted by Gasteiger charge is -2.05. The van der Waals surface area contributed by atoms with Gasteiger partial charge in [0.1, 0.15) is 17.4 Å². The maximum absolute atomic E-state index is 13.5. The van der Waals surface area contributed by atoms with Crippen LogP contribution < -0.4 is 0 Å². The molecule has 5 heteroatoms. The van der Waals surface area contributed by atoms with E-state index in [4.69, 9.17) is 4.42 Å². The lowest BCUT2D eigenvalue weighted by molar-refractivity contribution is 0.0595. The van der Waals surface area contributed by atoms with E-state index >= 15 is 0 Å². The van der Waals surface area contributed by atoms with Crippen molar-refractivity contribution in [3.63, 3.8) is 0 Å². The molecule has 0 aliphatic rings. The highest BCUT2D eigenvalue weighted by atomic mass is 19.1. The van der Waals surface area contributed by atoms with Gasteiger partial charge in [-0.05, 0) is 18.2 Å². The number of benzene rings is 1. The van der Waals surface area contributed by atoms with Gasteiger partial charge < -0.3 is 9.15 Å². The Labute approximate surface area is 95.6 Å². The topological polar surface area (TPSA) is 39.4 Å². The molecular weight excluding hydrogens is 230 g/mol. The van der Waals surface area contributed by atoms with Crippen LogP contribution in [0, 0.1) is 11.6 Å². The molecular formula is C12H8F2O3. The first kappa shape index (κ1) is 11.3. The normalized spacial score (nSPS) is 10.3. The number of carbonyl (C=O) groups is 1. The quantitative estimate of drug-likeness (QED) is 0.755. The van der Waals surface area contributed by atoms with Gasteiger partial charge in [0.15, 0.2) is 0 Å². The Hall–Kier alpha value is -2.17. The summed E-state index contributed by atoms with van der Waals surface area (Å²) in [4.78, 5) is 11.3. The van der Waals surface area contributed by atoms with Crippen molar-refractivity contribution in [3.8, 4) is 11.3 Å². The maximum Gasteiger partial charge on any atom is 0.340 e. The Kier molecular flexibility index (Phi) is 2.91. The van der Waals surface area contributed by atoms with Gasteiger partial charge in [0.2, 0.25) is 0 Å². The predicted molar refractivity (Wildman–Crippen MR) is 55.4 cm³/mol. The van der Waals surface area contributed by atoms with Crippen LogP contribution in [0.15, 0.2) is 34.9 Å². The Balaban J connectivity index is 2.58. The maximum atomic E-state index is 13.5. The summed E-state index contributed by atoms with van der Waals surface area (Å²) in [5.41, 5.74) is -0.322. The van der Waals surface area contributed by atoms with Crippen molar-refractivity contribution in [1.82, 2.24) is 0 Å². The average molecular weight is 238 g/mol. The molecule has 1 aromatic carbocycles. The molecule has 0 spiro atoms. The van der Waals surface area contributed by atoms with Gasteiger partial charge in [-0.25, -0.2) is 13.6 Å². The van der Waals surface area contributed by atoms with E-state index in [1.165, 1.54) is 12.3 Å². The predicted octanol–water partition coefficient (Wildman–Crippen LogP) is 3.01. The SMILES string of the molecule is COC(=O)c1cc(-c2ccco2)c(F)cc1F. The van der Waals surface area contributed by atoms with Gasteiger partial charge in [0, 0.05) is 6.07 Å². The van der Waals surface area contributed by atoms with Crippen LogP contribution in [-0.4, -0.2) is 13.1 Å². The van der Waals surface area contributed by atoms with Crippen molar-refractivity contribution in [2.75, 3.05) is 7.11 Å². The second-order valence-corrected chi connectivity index (χ2v) is 3.28. The van der Waals surface area contributed by atoms with Crippen LogP contribution in [0.3, 0.4) is 0 Å². The fraction of sp³-hybridized carbons (Fsp3) is 0.0833. The summed E-state index contributed by atoms with van der Waals surface area (Å²) in [6.07, 6.45) is 1.36. The lowest BCUT2D eigenvalue weighted by atomic mass is 10.1.